The fraction of sp³-hybridized carbons (Fsp3) is 0.300. The normalized spacial score (nSPS) is 14.7. The van der Waals surface area contributed by atoms with Crippen molar-refractivity contribution in [3.05, 3.63) is 65.3 Å². The van der Waals surface area contributed by atoms with Crippen molar-refractivity contribution in [2.24, 2.45) is 0 Å². The van der Waals surface area contributed by atoms with Crippen LogP contribution in [0.25, 0.3) is 0 Å². The zero-order valence-corrected chi connectivity index (χ0v) is 14.1. The molecule has 120 valence electrons. The number of carbonyl (C=O) groups is 2. The molecular formula is C20H23NO2. The molecule has 1 heterocycles. The van der Waals surface area contributed by atoms with E-state index in [0.717, 1.165) is 41.6 Å². The summed E-state index contributed by atoms with van der Waals surface area (Å²) >= 11 is 0. The minimum absolute atomic E-state index is 0.257. The highest BCUT2D eigenvalue weighted by molar-refractivity contribution is 6.28. The molecule has 0 aromatic heterocycles. The molecule has 0 saturated carbocycles. The minimum Gasteiger partial charge on any atom is -0.269 e. The Kier molecular flexibility index (Phi) is 5.32. The molecule has 0 aliphatic carbocycles. The molecule has 0 spiro atoms. The minimum atomic E-state index is -0.257. The van der Waals surface area contributed by atoms with E-state index in [1.54, 1.807) is 0 Å². The van der Waals surface area contributed by atoms with Crippen LogP contribution in [0.4, 0.5) is 5.69 Å². The van der Waals surface area contributed by atoms with Crippen LogP contribution in [0.5, 0.6) is 0 Å². The third kappa shape index (κ3) is 3.34. The number of aryl methyl sites for hydroxylation is 2. The molecule has 0 unspecified atom stereocenters. The van der Waals surface area contributed by atoms with Crippen molar-refractivity contribution in [3.63, 3.8) is 0 Å². The molecule has 1 aromatic carbocycles. The number of benzene rings is 1. The highest BCUT2D eigenvalue weighted by atomic mass is 16.2. The Morgan fingerprint density at radius 3 is 2.00 bits per heavy atom. The van der Waals surface area contributed by atoms with Gasteiger partial charge < -0.3 is 0 Å². The van der Waals surface area contributed by atoms with Crippen LogP contribution in [0.3, 0.4) is 0 Å². The number of anilines is 1. The van der Waals surface area contributed by atoms with E-state index in [1.807, 2.05) is 26.8 Å². The van der Waals surface area contributed by atoms with E-state index in [9.17, 15) is 9.59 Å². The van der Waals surface area contributed by atoms with Gasteiger partial charge in [-0.3, -0.25) is 9.59 Å². The predicted octanol–water partition coefficient (Wildman–Crippen LogP) is 3.92. The summed E-state index contributed by atoms with van der Waals surface area (Å²) in [6.45, 7) is 9.93. The van der Waals surface area contributed by atoms with Crippen LogP contribution >= 0.6 is 0 Å². The van der Waals surface area contributed by atoms with Gasteiger partial charge in [0.25, 0.3) is 11.8 Å². The van der Waals surface area contributed by atoms with Gasteiger partial charge in [0.05, 0.1) is 5.69 Å². The average Bonchev–Trinajstić information content (AvgIpc) is 2.90. The molecule has 1 aromatic rings. The molecule has 3 heteroatoms. The Hall–Kier alpha value is -2.42. The molecule has 2 rings (SSSR count). The summed E-state index contributed by atoms with van der Waals surface area (Å²) in [6, 6.07) is 4.20. The summed E-state index contributed by atoms with van der Waals surface area (Å²) in [7, 11) is 0. The van der Waals surface area contributed by atoms with Crippen LogP contribution in [-0.2, 0) is 28.9 Å². The van der Waals surface area contributed by atoms with E-state index in [2.05, 4.69) is 24.8 Å². The van der Waals surface area contributed by atoms with Crippen LogP contribution < -0.4 is 4.90 Å². The van der Waals surface area contributed by atoms with Gasteiger partial charge in [0.1, 0.15) is 0 Å². The number of hydrogen-bond acceptors (Lipinski definition) is 2. The van der Waals surface area contributed by atoms with Gasteiger partial charge >= 0.3 is 0 Å². The van der Waals surface area contributed by atoms with Crippen LogP contribution in [0.2, 0.25) is 0 Å². The summed E-state index contributed by atoms with van der Waals surface area (Å²) in [4.78, 5) is 25.4. The summed E-state index contributed by atoms with van der Waals surface area (Å²) < 4.78 is 0. The van der Waals surface area contributed by atoms with Crippen LogP contribution in [0.15, 0.2) is 48.6 Å². The molecule has 0 N–H and O–H groups in total. The lowest BCUT2D eigenvalue weighted by molar-refractivity contribution is -0.120. The van der Waals surface area contributed by atoms with Crippen LogP contribution in [-0.4, -0.2) is 11.8 Å². The first-order valence-electron chi connectivity index (χ1n) is 8.04. The maximum Gasteiger partial charge on any atom is 0.258 e. The molecule has 0 bridgehead atoms. The maximum absolute atomic E-state index is 12.1. The number of nitrogens with zero attached hydrogens (tertiary/aromatic N) is 1. The van der Waals surface area contributed by atoms with E-state index >= 15 is 0 Å². The summed E-state index contributed by atoms with van der Waals surface area (Å²) in [5.41, 5.74) is 5.17. The van der Waals surface area contributed by atoms with Crippen molar-refractivity contribution in [1.82, 2.24) is 0 Å². The Morgan fingerprint density at radius 1 is 1.09 bits per heavy atom. The lowest BCUT2D eigenvalue weighted by Crippen LogP contribution is -2.31. The van der Waals surface area contributed by atoms with Crippen molar-refractivity contribution in [2.75, 3.05) is 4.90 Å². The lowest BCUT2D eigenvalue weighted by atomic mass is 9.94. The van der Waals surface area contributed by atoms with Gasteiger partial charge in [-0.15, -0.1) is 0 Å². The van der Waals surface area contributed by atoms with Gasteiger partial charge in [0.15, 0.2) is 0 Å². The van der Waals surface area contributed by atoms with E-state index in [4.69, 9.17) is 0 Å². The Morgan fingerprint density at radius 2 is 1.61 bits per heavy atom. The third-order valence-corrected chi connectivity index (χ3v) is 4.16. The fourth-order valence-electron chi connectivity index (χ4n) is 2.91. The molecule has 0 fully saturated rings. The maximum atomic E-state index is 12.1. The van der Waals surface area contributed by atoms with E-state index < -0.39 is 0 Å². The SMILES string of the molecule is C=C/C(=C\C)Cc1cc(CC)c(N2C(=O)C=CC2=O)c(CC)c1. The highest BCUT2D eigenvalue weighted by Gasteiger charge is 2.29. The lowest BCUT2D eigenvalue weighted by Gasteiger charge is -2.22. The summed E-state index contributed by atoms with van der Waals surface area (Å²) in [5.74, 6) is -0.514. The quantitative estimate of drug-likeness (QED) is 0.590. The van der Waals surface area contributed by atoms with E-state index in [1.165, 1.54) is 22.6 Å². The topological polar surface area (TPSA) is 37.4 Å². The van der Waals surface area contributed by atoms with Gasteiger partial charge in [-0.2, -0.15) is 0 Å². The smallest absolute Gasteiger partial charge is 0.258 e. The van der Waals surface area contributed by atoms with Crippen molar-refractivity contribution < 1.29 is 9.59 Å². The van der Waals surface area contributed by atoms with E-state index in [-0.39, 0.29) is 11.8 Å². The number of allylic oxidation sites excluding steroid dienone is 3. The molecule has 1 aliphatic rings. The molecule has 23 heavy (non-hydrogen) atoms. The zero-order chi connectivity index (χ0) is 17.0. The van der Waals surface area contributed by atoms with Gasteiger partial charge in [-0.25, -0.2) is 4.90 Å². The van der Waals surface area contributed by atoms with E-state index in [0.29, 0.717) is 0 Å². The fourth-order valence-corrected chi connectivity index (χ4v) is 2.91. The van der Waals surface area contributed by atoms with Crippen molar-refractivity contribution >= 4 is 17.5 Å². The molecule has 0 saturated heterocycles. The number of imide groups is 1. The monoisotopic (exact) mass is 309 g/mol. The first-order valence-corrected chi connectivity index (χ1v) is 8.04. The van der Waals surface area contributed by atoms with Gasteiger partial charge in [0, 0.05) is 12.2 Å². The van der Waals surface area contributed by atoms with Crippen LogP contribution in [0.1, 0.15) is 37.5 Å². The zero-order valence-electron chi connectivity index (χ0n) is 14.1. The predicted molar refractivity (Wildman–Crippen MR) is 94.5 cm³/mol. The summed E-state index contributed by atoms with van der Waals surface area (Å²) in [5, 5.41) is 0. The summed E-state index contributed by atoms with van der Waals surface area (Å²) in [6.07, 6.45) is 8.94. The number of rotatable bonds is 6. The second-order valence-electron chi connectivity index (χ2n) is 5.56. The molecule has 2 amide bonds. The Labute approximate surface area is 138 Å². The average molecular weight is 309 g/mol. The van der Waals surface area contributed by atoms with Crippen molar-refractivity contribution in [1.29, 1.82) is 0 Å². The first-order chi connectivity index (χ1) is 11.0. The van der Waals surface area contributed by atoms with Gasteiger partial charge in [0.2, 0.25) is 0 Å². The third-order valence-electron chi connectivity index (χ3n) is 4.16. The highest BCUT2D eigenvalue weighted by Crippen LogP contribution is 2.31. The number of amides is 2. The Balaban J connectivity index is 2.53. The van der Waals surface area contributed by atoms with Crippen LogP contribution in [0, 0.1) is 0 Å². The second kappa shape index (κ2) is 7.23. The van der Waals surface area contributed by atoms with Crippen molar-refractivity contribution in [3.8, 4) is 0 Å². The number of carbonyl (C=O) groups excluding carboxylic acids is 2. The molecule has 3 nitrogen and oxygen atoms in total. The number of hydrogen-bond donors (Lipinski definition) is 0. The molecule has 0 radical (unpaired) electrons. The molecule has 0 atom stereocenters. The Bertz CT molecular complexity index is 667. The standard InChI is InChI=1S/C20H23NO2/c1-5-14(6-2)11-15-12-16(7-3)20(17(8-4)13-15)21-18(22)9-10-19(21)23/h5-6,9-10,12-13H,1,7-8,11H2,2-4H3/b14-6+. The second-order valence-corrected chi connectivity index (χ2v) is 5.56. The van der Waals surface area contributed by atoms with Crippen molar-refractivity contribution in [2.45, 2.75) is 40.0 Å². The molecular weight excluding hydrogens is 286 g/mol. The van der Waals surface area contributed by atoms with Gasteiger partial charge in [-0.1, -0.05) is 44.7 Å². The largest absolute Gasteiger partial charge is 0.269 e. The first kappa shape index (κ1) is 16.9. The molecule has 1 aliphatic heterocycles. The van der Waals surface area contributed by atoms with Gasteiger partial charge in [-0.05, 0) is 48.4 Å².